The van der Waals surface area contributed by atoms with Crippen molar-refractivity contribution < 1.29 is 9.59 Å². The van der Waals surface area contributed by atoms with Gasteiger partial charge in [-0.25, -0.2) is 9.78 Å². The van der Waals surface area contributed by atoms with E-state index in [-0.39, 0.29) is 11.9 Å². The molecule has 0 spiro atoms. The lowest BCUT2D eigenvalue weighted by Gasteiger charge is -2.14. The van der Waals surface area contributed by atoms with E-state index in [2.05, 4.69) is 15.6 Å². The van der Waals surface area contributed by atoms with E-state index in [9.17, 15) is 9.59 Å². The molecule has 4 rings (SSSR count). The third kappa shape index (κ3) is 3.98. The van der Waals surface area contributed by atoms with Crippen molar-refractivity contribution in [2.24, 2.45) is 0 Å². The summed E-state index contributed by atoms with van der Waals surface area (Å²) in [6.45, 7) is 3.62. The Balaban J connectivity index is 1.30. The second kappa shape index (κ2) is 7.72. The number of pyridine rings is 1. The Morgan fingerprint density at radius 3 is 2.75 bits per heavy atom. The number of nitrogens with zero attached hydrogens (tertiary/aromatic N) is 3. The van der Waals surface area contributed by atoms with Crippen molar-refractivity contribution in [2.45, 2.75) is 25.8 Å². The van der Waals surface area contributed by atoms with Crippen LogP contribution in [0.1, 0.15) is 30.4 Å². The predicted molar refractivity (Wildman–Crippen MR) is 107 cm³/mol. The normalized spacial score (nSPS) is 16.3. The molecule has 1 unspecified atom stereocenters. The largest absolute Gasteiger partial charge is 0.342 e. The quantitative estimate of drug-likeness (QED) is 0.734. The minimum absolute atomic E-state index is 0.129. The first-order chi connectivity index (χ1) is 13.6. The number of urea groups is 1. The first-order valence-corrected chi connectivity index (χ1v) is 9.40. The fraction of sp³-hybridized carbons (Fsp3) is 0.286. The number of hydrogen-bond acceptors (Lipinski definition) is 3. The fourth-order valence-corrected chi connectivity index (χ4v) is 3.58. The number of carbonyl (C=O) groups is 2. The van der Waals surface area contributed by atoms with Crippen LogP contribution in [0.2, 0.25) is 0 Å². The van der Waals surface area contributed by atoms with Gasteiger partial charge in [0.15, 0.2) is 0 Å². The van der Waals surface area contributed by atoms with Crippen molar-refractivity contribution in [3.05, 3.63) is 66.1 Å². The molecule has 28 heavy (non-hydrogen) atoms. The second-order valence-corrected chi connectivity index (χ2v) is 7.11. The highest BCUT2D eigenvalue weighted by Gasteiger charge is 2.25. The van der Waals surface area contributed by atoms with E-state index >= 15 is 0 Å². The average Bonchev–Trinajstić information content (AvgIpc) is 3.36. The van der Waals surface area contributed by atoms with Crippen LogP contribution in [0.4, 0.5) is 10.5 Å². The lowest BCUT2D eigenvalue weighted by Crippen LogP contribution is -2.28. The lowest BCUT2D eigenvalue weighted by atomic mass is 9.98. The van der Waals surface area contributed by atoms with Gasteiger partial charge in [-0.1, -0.05) is 12.1 Å². The van der Waals surface area contributed by atoms with Crippen LogP contribution in [-0.4, -0.2) is 39.3 Å². The molecule has 0 radical (unpaired) electrons. The summed E-state index contributed by atoms with van der Waals surface area (Å²) in [5.74, 6) is 0.494. The van der Waals surface area contributed by atoms with Crippen LogP contribution in [-0.2, 0) is 11.3 Å². The van der Waals surface area contributed by atoms with Crippen LogP contribution in [0, 0.1) is 0 Å². The molecule has 3 heterocycles. The zero-order valence-corrected chi connectivity index (χ0v) is 15.8. The first-order valence-electron chi connectivity index (χ1n) is 9.40. The number of benzene rings is 1. The van der Waals surface area contributed by atoms with Gasteiger partial charge < -0.3 is 19.9 Å². The van der Waals surface area contributed by atoms with Crippen LogP contribution in [0.5, 0.6) is 0 Å². The summed E-state index contributed by atoms with van der Waals surface area (Å²) in [4.78, 5) is 29.8. The third-order valence-electron chi connectivity index (χ3n) is 5.19. The van der Waals surface area contributed by atoms with Crippen LogP contribution in [0.25, 0.3) is 5.65 Å². The summed E-state index contributed by atoms with van der Waals surface area (Å²) in [5, 5.41) is 5.71. The monoisotopic (exact) mass is 377 g/mol. The van der Waals surface area contributed by atoms with Crippen molar-refractivity contribution in [1.82, 2.24) is 19.6 Å². The molecule has 1 aromatic carbocycles. The van der Waals surface area contributed by atoms with E-state index in [4.69, 9.17) is 0 Å². The number of anilines is 1. The van der Waals surface area contributed by atoms with Gasteiger partial charge in [0, 0.05) is 56.8 Å². The predicted octanol–water partition coefficient (Wildman–Crippen LogP) is 2.99. The zero-order valence-electron chi connectivity index (χ0n) is 15.8. The minimum atomic E-state index is -0.250. The van der Waals surface area contributed by atoms with E-state index in [1.807, 2.05) is 58.1 Å². The number of aromatic nitrogens is 2. The second-order valence-electron chi connectivity index (χ2n) is 7.11. The Bertz CT molecular complexity index is 995. The molecule has 1 saturated heterocycles. The molecule has 2 N–H and O–H groups in total. The van der Waals surface area contributed by atoms with Crippen molar-refractivity contribution in [1.29, 1.82) is 0 Å². The zero-order chi connectivity index (χ0) is 19.5. The molecule has 0 bridgehead atoms. The summed E-state index contributed by atoms with van der Waals surface area (Å²) in [7, 11) is 0. The molecule has 1 aliphatic rings. The maximum atomic E-state index is 12.2. The van der Waals surface area contributed by atoms with E-state index < -0.39 is 0 Å². The van der Waals surface area contributed by atoms with Crippen LogP contribution in [0.3, 0.4) is 0 Å². The summed E-state index contributed by atoms with van der Waals surface area (Å²) in [5.41, 5.74) is 3.78. The first kappa shape index (κ1) is 18.0. The fourth-order valence-electron chi connectivity index (χ4n) is 3.58. The minimum Gasteiger partial charge on any atom is -0.342 e. The molecule has 1 aliphatic heterocycles. The van der Waals surface area contributed by atoms with E-state index in [0.717, 1.165) is 36.4 Å². The molecule has 3 aromatic rings. The van der Waals surface area contributed by atoms with Crippen LogP contribution in [0.15, 0.2) is 55.0 Å². The number of nitrogens with one attached hydrogen (secondary N) is 2. The van der Waals surface area contributed by atoms with Gasteiger partial charge >= 0.3 is 6.03 Å². The molecule has 2 aromatic heterocycles. The third-order valence-corrected chi connectivity index (χ3v) is 5.19. The van der Waals surface area contributed by atoms with Gasteiger partial charge in [0.1, 0.15) is 5.65 Å². The smallest absolute Gasteiger partial charge is 0.319 e. The molecule has 1 atom stereocenters. The number of carbonyl (C=O) groups excluding carboxylic acids is 2. The molecular formula is C21H23N5O2. The van der Waals surface area contributed by atoms with Gasteiger partial charge in [-0.05, 0) is 41.8 Å². The number of rotatable bonds is 4. The molecular weight excluding hydrogens is 354 g/mol. The molecule has 144 valence electrons. The van der Waals surface area contributed by atoms with Crippen LogP contribution >= 0.6 is 0 Å². The number of likely N-dealkylation sites (tertiary alicyclic amines) is 1. The van der Waals surface area contributed by atoms with E-state index in [0.29, 0.717) is 12.5 Å². The van der Waals surface area contributed by atoms with Crippen molar-refractivity contribution in [3.8, 4) is 0 Å². The van der Waals surface area contributed by atoms with Crippen molar-refractivity contribution in [2.75, 3.05) is 18.4 Å². The Kier molecular flexibility index (Phi) is 4.97. The van der Waals surface area contributed by atoms with Crippen LogP contribution < -0.4 is 10.6 Å². The summed E-state index contributed by atoms with van der Waals surface area (Å²) >= 11 is 0. The maximum Gasteiger partial charge on any atom is 0.319 e. The molecule has 1 fully saturated rings. The Morgan fingerprint density at radius 1 is 1.18 bits per heavy atom. The molecule has 7 nitrogen and oxygen atoms in total. The Labute approximate surface area is 163 Å². The lowest BCUT2D eigenvalue weighted by molar-refractivity contribution is -0.127. The molecule has 3 amide bonds. The SMILES string of the molecule is CC(=O)N1CCC(c2ccc(NC(=O)NCc3ccn4ccnc4c3)cc2)C1. The Hall–Kier alpha value is -3.35. The maximum absolute atomic E-state index is 12.2. The van der Waals surface area contributed by atoms with Gasteiger partial charge in [0.2, 0.25) is 5.91 Å². The summed E-state index contributed by atoms with van der Waals surface area (Å²) < 4.78 is 1.92. The van der Waals surface area contributed by atoms with Gasteiger partial charge in [0.05, 0.1) is 0 Å². The highest BCUT2D eigenvalue weighted by Crippen LogP contribution is 2.28. The van der Waals surface area contributed by atoms with Gasteiger partial charge in [-0.15, -0.1) is 0 Å². The number of hydrogen-bond donors (Lipinski definition) is 2. The molecule has 0 aliphatic carbocycles. The molecule has 0 saturated carbocycles. The van der Waals surface area contributed by atoms with Gasteiger partial charge in [-0.2, -0.15) is 0 Å². The van der Waals surface area contributed by atoms with Gasteiger partial charge in [0.25, 0.3) is 0 Å². The summed E-state index contributed by atoms with van der Waals surface area (Å²) in [6, 6.07) is 11.5. The van der Waals surface area contributed by atoms with Gasteiger partial charge in [-0.3, -0.25) is 4.79 Å². The van der Waals surface area contributed by atoms with E-state index in [1.165, 1.54) is 5.56 Å². The standard InChI is InChI=1S/C21H23N5O2/c1-15(27)26-10-7-18(14-26)17-2-4-19(5-3-17)24-21(28)23-13-16-6-9-25-11-8-22-20(25)12-16/h2-6,8-9,11-12,18H,7,10,13-14H2,1H3,(H2,23,24,28). The number of imidazole rings is 1. The van der Waals surface area contributed by atoms with Crippen molar-refractivity contribution >= 4 is 23.3 Å². The highest BCUT2D eigenvalue weighted by atomic mass is 16.2. The van der Waals surface area contributed by atoms with Crippen molar-refractivity contribution in [3.63, 3.8) is 0 Å². The van der Waals surface area contributed by atoms with E-state index in [1.54, 1.807) is 13.1 Å². The molecule has 7 heteroatoms. The average molecular weight is 377 g/mol. The summed E-state index contributed by atoms with van der Waals surface area (Å²) in [6.07, 6.45) is 6.53. The number of amides is 3. The Morgan fingerprint density at radius 2 is 2.00 bits per heavy atom. The highest BCUT2D eigenvalue weighted by molar-refractivity contribution is 5.89. The topological polar surface area (TPSA) is 78.7 Å². The number of fused-ring (bicyclic) bond motifs is 1.